The Morgan fingerprint density at radius 3 is 1.53 bits per heavy atom. The molecule has 12 atom stereocenters. The van der Waals surface area contributed by atoms with Crippen molar-refractivity contribution < 1.29 is 0 Å². The smallest absolute Gasteiger partial charge is 0.0343 e. The predicted octanol–water partition coefficient (Wildman–Crippen LogP) is 6.05. The first-order valence-electron chi connectivity index (χ1n) is 17.7. The Morgan fingerprint density at radius 1 is 0.628 bits per heavy atom. The summed E-state index contributed by atoms with van der Waals surface area (Å²) in [5.74, 6) is 3.87. The van der Waals surface area contributed by atoms with Gasteiger partial charge in [-0.1, -0.05) is 62.3 Å². The Kier molecular flexibility index (Phi) is 18.2. The number of unbranched alkanes of at least 4 members (excludes halogenated alkanes) is 4. The predicted molar refractivity (Wildman–Crippen MR) is 188 cm³/mol. The molecule has 2 saturated carbocycles. The average Bonchev–Trinajstić information content (AvgIpc) is 3.58. The maximum Gasteiger partial charge on any atom is 0.0343 e. The highest BCUT2D eigenvalue weighted by molar-refractivity contribution is 5.04. The zero-order valence-electron chi connectivity index (χ0n) is 28.0. The van der Waals surface area contributed by atoms with Gasteiger partial charge in [-0.3, -0.25) is 0 Å². The van der Waals surface area contributed by atoms with Crippen LogP contribution in [0.3, 0.4) is 0 Å². The zero-order valence-corrected chi connectivity index (χ0v) is 28.0. The molecule has 0 radical (unpaired) electrons. The summed E-state index contributed by atoms with van der Waals surface area (Å²) in [6.07, 6.45) is 33.2. The molecule has 43 heavy (non-hydrogen) atoms. The zero-order chi connectivity index (χ0) is 31.8. The van der Waals surface area contributed by atoms with Crippen molar-refractivity contribution in [3.8, 4) is 0 Å². The molecule has 0 aromatic carbocycles. The minimum absolute atomic E-state index is 0.0247. The molecule has 2 fully saturated rings. The molecular formula is C37H70N6. The van der Waals surface area contributed by atoms with Crippen molar-refractivity contribution >= 4 is 0 Å². The second-order valence-electron chi connectivity index (χ2n) is 14.3. The molecule has 0 saturated heterocycles. The van der Waals surface area contributed by atoms with Crippen molar-refractivity contribution in [2.45, 2.75) is 147 Å². The van der Waals surface area contributed by atoms with Crippen LogP contribution < -0.4 is 34.4 Å². The molecule has 2 aliphatic rings. The standard InChI is InChI=1S/C37H70N6/c1-5-7-8-12-15-29-23-31(33(25-29)19-21-35(41)37(43)27(4)39)17-14-11-9-10-13-16-28-22-30(6-2)32(24-28)18-20-34(40)36(42)26(3)38/h6,12-17,26-37H,2,5,7-11,18-25,38-43H2,1,3-4H3/b15-12+,16-13+,17-14+. The molecule has 0 aromatic rings. The normalized spacial score (nSPS) is 30.7. The largest absolute Gasteiger partial charge is 0.326 e. The van der Waals surface area contributed by atoms with Crippen molar-refractivity contribution in [2.24, 2.45) is 69.9 Å². The molecule has 6 heteroatoms. The van der Waals surface area contributed by atoms with Crippen LogP contribution in [0.5, 0.6) is 0 Å². The molecule has 0 heterocycles. The summed E-state index contributed by atoms with van der Waals surface area (Å²) < 4.78 is 0. The Labute approximate surface area is 265 Å². The third-order valence-corrected chi connectivity index (χ3v) is 10.5. The van der Waals surface area contributed by atoms with Gasteiger partial charge in [-0.15, -0.1) is 6.58 Å². The van der Waals surface area contributed by atoms with Crippen molar-refractivity contribution in [1.29, 1.82) is 0 Å². The highest BCUT2D eigenvalue weighted by Crippen LogP contribution is 2.42. The molecule has 2 rings (SSSR count). The minimum Gasteiger partial charge on any atom is -0.326 e. The van der Waals surface area contributed by atoms with Crippen LogP contribution in [-0.4, -0.2) is 36.3 Å². The van der Waals surface area contributed by atoms with E-state index < -0.39 is 0 Å². The van der Waals surface area contributed by atoms with Crippen LogP contribution in [0.1, 0.15) is 111 Å². The molecule has 2 aliphatic carbocycles. The Hall–Kier alpha value is -1.28. The number of rotatable bonds is 21. The van der Waals surface area contributed by atoms with Crippen LogP contribution in [0, 0.1) is 35.5 Å². The van der Waals surface area contributed by atoms with E-state index in [1.807, 2.05) is 13.8 Å². The van der Waals surface area contributed by atoms with E-state index >= 15 is 0 Å². The number of allylic oxidation sites excluding steroid dienone is 7. The molecular weight excluding hydrogens is 528 g/mol. The summed E-state index contributed by atoms with van der Waals surface area (Å²) in [5.41, 5.74) is 37.1. The van der Waals surface area contributed by atoms with Crippen LogP contribution in [0.25, 0.3) is 0 Å². The van der Waals surface area contributed by atoms with Gasteiger partial charge in [-0.05, 0) is 126 Å². The third-order valence-electron chi connectivity index (χ3n) is 10.5. The van der Waals surface area contributed by atoms with E-state index in [0.717, 1.165) is 38.5 Å². The van der Waals surface area contributed by atoms with Crippen LogP contribution in [0.4, 0.5) is 0 Å². The van der Waals surface area contributed by atoms with Crippen LogP contribution in [0.2, 0.25) is 0 Å². The first-order valence-corrected chi connectivity index (χ1v) is 17.7. The SMILES string of the molecule is C=CC1CC(/C=C/CCC/C=C/C2CC(/C=C/CCCC)CC2CCC(N)C(N)C(C)N)CC1CCC(N)C(N)C(C)N. The Balaban J connectivity index is 1.79. The van der Waals surface area contributed by atoms with Crippen molar-refractivity contribution in [2.75, 3.05) is 0 Å². The van der Waals surface area contributed by atoms with Crippen LogP contribution >= 0.6 is 0 Å². The van der Waals surface area contributed by atoms with Crippen molar-refractivity contribution in [3.63, 3.8) is 0 Å². The monoisotopic (exact) mass is 599 g/mol. The number of hydrogen-bond donors (Lipinski definition) is 6. The second-order valence-corrected chi connectivity index (χ2v) is 14.3. The number of nitrogens with two attached hydrogens (primary N) is 6. The second kappa shape index (κ2) is 20.7. The molecule has 248 valence electrons. The van der Waals surface area contributed by atoms with E-state index in [1.165, 1.54) is 51.4 Å². The maximum atomic E-state index is 6.41. The van der Waals surface area contributed by atoms with Gasteiger partial charge in [0.1, 0.15) is 0 Å². The molecule has 12 N–H and O–H groups in total. The van der Waals surface area contributed by atoms with Crippen LogP contribution in [0.15, 0.2) is 49.1 Å². The van der Waals surface area contributed by atoms with Gasteiger partial charge in [-0.25, -0.2) is 0 Å². The molecule has 0 aliphatic heterocycles. The Bertz CT molecular complexity index is 835. The molecule has 0 amide bonds. The summed E-state index contributed by atoms with van der Waals surface area (Å²) in [4.78, 5) is 0. The van der Waals surface area contributed by atoms with E-state index in [4.69, 9.17) is 34.4 Å². The van der Waals surface area contributed by atoms with Crippen molar-refractivity contribution in [1.82, 2.24) is 0 Å². The van der Waals surface area contributed by atoms with Crippen LogP contribution in [-0.2, 0) is 0 Å². The van der Waals surface area contributed by atoms with Gasteiger partial charge in [0.15, 0.2) is 0 Å². The lowest BCUT2D eigenvalue weighted by molar-refractivity contribution is 0.359. The first kappa shape index (κ1) is 37.9. The van der Waals surface area contributed by atoms with Gasteiger partial charge in [0.05, 0.1) is 0 Å². The van der Waals surface area contributed by atoms with E-state index in [-0.39, 0.29) is 36.3 Å². The quantitative estimate of drug-likeness (QED) is 0.0697. The summed E-state index contributed by atoms with van der Waals surface area (Å²) in [6.45, 7) is 10.3. The van der Waals surface area contributed by atoms with Gasteiger partial charge in [0.2, 0.25) is 0 Å². The molecule has 12 unspecified atom stereocenters. The lowest BCUT2D eigenvalue weighted by atomic mass is 9.87. The summed E-state index contributed by atoms with van der Waals surface area (Å²) in [5, 5.41) is 0. The molecule has 0 aromatic heterocycles. The van der Waals surface area contributed by atoms with E-state index in [1.54, 1.807) is 0 Å². The fourth-order valence-corrected chi connectivity index (χ4v) is 7.41. The number of hydrogen-bond acceptors (Lipinski definition) is 6. The summed E-state index contributed by atoms with van der Waals surface area (Å²) in [6, 6.07) is -0.454. The summed E-state index contributed by atoms with van der Waals surface area (Å²) >= 11 is 0. The maximum absolute atomic E-state index is 6.41. The Morgan fingerprint density at radius 2 is 1.07 bits per heavy atom. The fourth-order valence-electron chi connectivity index (χ4n) is 7.41. The summed E-state index contributed by atoms with van der Waals surface area (Å²) in [7, 11) is 0. The van der Waals surface area contributed by atoms with Crippen molar-refractivity contribution in [3.05, 3.63) is 49.1 Å². The topological polar surface area (TPSA) is 156 Å². The lowest BCUT2D eigenvalue weighted by Crippen LogP contribution is -2.51. The van der Waals surface area contributed by atoms with Gasteiger partial charge >= 0.3 is 0 Å². The fraction of sp³-hybridized carbons (Fsp3) is 0.784. The van der Waals surface area contributed by atoms with Gasteiger partial charge in [0, 0.05) is 36.3 Å². The van der Waals surface area contributed by atoms with E-state index in [9.17, 15) is 0 Å². The average molecular weight is 599 g/mol. The molecule has 0 spiro atoms. The lowest BCUT2D eigenvalue weighted by Gasteiger charge is -2.25. The molecule has 0 bridgehead atoms. The van der Waals surface area contributed by atoms with E-state index in [0.29, 0.717) is 35.5 Å². The van der Waals surface area contributed by atoms with Gasteiger partial charge < -0.3 is 34.4 Å². The highest BCUT2D eigenvalue weighted by Gasteiger charge is 2.33. The third kappa shape index (κ3) is 13.7. The highest BCUT2D eigenvalue weighted by atomic mass is 14.9. The van der Waals surface area contributed by atoms with E-state index in [2.05, 4.69) is 56.0 Å². The van der Waals surface area contributed by atoms with Gasteiger partial charge in [0.25, 0.3) is 0 Å². The first-order chi connectivity index (χ1) is 20.6. The molecule has 6 nitrogen and oxygen atoms in total. The van der Waals surface area contributed by atoms with Gasteiger partial charge in [-0.2, -0.15) is 0 Å². The minimum atomic E-state index is -0.135.